The Morgan fingerprint density at radius 1 is 1.42 bits per heavy atom. The van der Waals surface area contributed by atoms with Gasteiger partial charge in [-0.25, -0.2) is 18.3 Å². The average Bonchev–Trinajstić information content (AvgIpc) is 3.20. The van der Waals surface area contributed by atoms with E-state index in [1.165, 1.54) is 11.0 Å². The summed E-state index contributed by atoms with van der Waals surface area (Å²) < 4.78 is 33.9. The van der Waals surface area contributed by atoms with E-state index < -0.39 is 23.4 Å². The third-order valence-electron chi connectivity index (χ3n) is 3.87. The molecular weight excluding hydrogens is 320 g/mol. The Labute approximate surface area is 137 Å². The van der Waals surface area contributed by atoms with Crippen molar-refractivity contribution < 1.29 is 18.3 Å². The number of benzene rings is 1. The average molecular weight is 337 g/mol. The molecule has 1 N–H and O–H groups in total. The van der Waals surface area contributed by atoms with Crippen LogP contribution in [0.5, 0.6) is 0 Å². The lowest BCUT2D eigenvalue weighted by molar-refractivity contribution is 0.181. The Kier molecular flexibility index (Phi) is 4.70. The molecule has 2 heterocycles. The molecule has 24 heavy (non-hydrogen) atoms. The van der Waals surface area contributed by atoms with Crippen molar-refractivity contribution in [3.05, 3.63) is 41.7 Å². The molecule has 0 aliphatic carbocycles. The van der Waals surface area contributed by atoms with Gasteiger partial charge in [0.05, 0.1) is 18.8 Å². The number of hydrogen-bond acceptors (Lipinski definition) is 4. The second kappa shape index (κ2) is 6.91. The molecule has 7 nitrogen and oxygen atoms in total. The van der Waals surface area contributed by atoms with Gasteiger partial charge in [0.2, 0.25) is 0 Å². The van der Waals surface area contributed by atoms with E-state index in [0.717, 1.165) is 12.1 Å². The van der Waals surface area contributed by atoms with Crippen molar-refractivity contribution in [1.29, 1.82) is 0 Å². The van der Waals surface area contributed by atoms with E-state index in [2.05, 4.69) is 15.6 Å². The van der Waals surface area contributed by atoms with Gasteiger partial charge in [0, 0.05) is 20.2 Å². The highest BCUT2D eigenvalue weighted by Gasteiger charge is 2.29. The lowest BCUT2D eigenvalue weighted by Crippen LogP contribution is -2.33. The Morgan fingerprint density at radius 2 is 2.17 bits per heavy atom. The van der Waals surface area contributed by atoms with Crippen molar-refractivity contribution in [1.82, 2.24) is 19.9 Å². The van der Waals surface area contributed by atoms with Crippen LogP contribution in [0.1, 0.15) is 18.2 Å². The molecule has 3 rings (SSSR count). The zero-order chi connectivity index (χ0) is 17.1. The van der Waals surface area contributed by atoms with Gasteiger partial charge in [0.25, 0.3) is 0 Å². The van der Waals surface area contributed by atoms with Gasteiger partial charge in [-0.2, -0.15) is 0 Å². The number of nitrogens with one attached hydrogen (secondary N) is 1. The molecule has 1 aliphatic heterocycles. The number of rotatable bonds is 4. The Balaban J connectivity index is 1.63. The molecule has 128 valence electrons. The lowest BCUT2D eigenvalue weighted by Gasteiger charge is -2.17. The minimum atomic E-state index is -0.806. The van der Waals surface area contributed by atoms with E-state index >= 15 is 0 Å². The summed E-state index contributed by atoms with van der Waals surface area (Å²) in [5.74, 6) is -1.61. The number of halogens is 2. The number of carbonyl (C=O) groups excluding carboxylic acids is 1. The van der Waals surface area contributed by atoms with E-state index in [1.807, 2.05) is 0 Å². The summed E-state index contributed by atoms with van der Waals surface area (Å²) in [5, 5.41) is 10.3. The van der Waals surface area contributed by atoms with Crippen molar-refractivity contribution in [2.45, 2.75) is 19.1 Å². The summed E-state index contributed by atoms with van der Waals surface area (Å²) in [7, 11) is 1.57. The van der Waals surface area contributed by atoms with E-state index in [0.29, 0.717) is 31.8 Å². The number of likely N-dealkylation sites (tertiary alicyclic amines) is 1. The predicted molar refractivity (Wildman–Crippen MR) is 81.3 cm³/mol. The maximum absolute atomic E-state index is 13.6. The highest BCUT2D eigenvalue weighted by atomic mass is 19.1. The summed E-state index contributed by atoms with van der Waals surface area (Å²) >= 11 is 0. The smallest absolute Gasteiger partial charge is 0.322 e. The van der Waals surface area contributed by atoms with Crippen LogP contribution < -0.4 is 5.32 Å². The molecule has 1 saturated heterocycles. The first kappa shape index (κ1) is 16.3. The molecule has 1 unspecified atom stereocenters. The first-order valence-electron chi connectivity index (χ1n) is 7.48. The Morgan fingerprint density at radius 3 is 2.88 bits per heavy atom. The van der Waals surface area contributed by atoms with Gasteiger partial charge in [0.1, 0.15) is 23.0 Å². The summed E-state index contributed by atoms with van der Waals surface area (Å²) in [6.07, 6.45) is 2.45. The highest BCUT2D eigenvalue weighted by Crippen LogP contribution is 2.23. The van der Waals surface area contributed by atoms with Crippen LogP contribution >= 0.6 is 0 Å². The monoisotopic (exact) mass is 337 g/mol. The molecule has 9 heteroatoms. The molecule has 1 fully saturated rings. The maximum atomic E-state index is 13.6. The van der Waals surface area contributed by atoms with E-state index in [4.69, 9.17) is 4.74 Å². The SMILES string of the molecule is COCc1cn(C2CCN(C(=O)Nc3c(F)cccc3F)C2)nn1. The van der Waals surface area contributed by atoms with Gasteiger partial charge in [0.15, 0.2) is 0 Å². The maximum Gasteiger partial charge on any atom is 0.322 e. The molecule has 0 spiro atoms. The second-order valence-electron chi connectivity index (χ2n) is 5.54. The summed E-state index contributed by atoms with van der Waals surface area (Å²) in [6.45, 7) is 1.22. The van der Waals surface area contributed by atoms with Crippen LogP contribution in [0.25, 0.3) is 0 Å². The molecule has 0 radical (unpaired) electrons. The van der Waals surface area contributed by atoms with E-state index in [1.54, 1.807) is 18.0 Å². The van der Waals surface area contributed by atoms with Crippen LogP contribution in [0.2, 0.25) is 0 Å². The number of carbonyl (C=O) groups is 1. The van der Waals surface area contributed by atoms with Gasteiger partial charge in [-0.3, -0.25) is 0 Å². The van der Waals surface area contributed by atoms with Crippen molar-refractivity contribution in [2.24, 2.45) is 0 Å². The number of amides is 2. The molecule has 1 aromatic carbocycles. The molecule has 1 aliphatic rings. The van der Waals surface area contributed by atoms with Crippen LogP contribution in [0.4, 0.5) is 19.3 Å². The number of urea groups is 1. The molecule has 2 amide bonds. The number of anilines is 1. The number of ether oxygens (including phenoxy) is 1. The number of aromatic nitrogens is 3. The van der Waals surface area contributed by atoms with Crippen molar-refractivity contribution >= 4 is 11.7 Å². The summed E-state index contributed by atoms with van der Waals surface area (Å²) in [6, 6.07) is 2.86. The summed E-state index contributed by atoms with van der Waals surface area (Å²) in [5.41, 5.74) is 0.267. The lowest BCUT2D eigenvalue weighted by atomic mass is 10.3. The fraction of sp³-hybridized carbons (Fsp3) is 0.400. The zero-order valence-electron chi connectivity index (χ0n) is 13.1. The van der Waals surface area contributed by atoms with Gasteiger partial charge in [-0.1, -0.05) is 11.3 Å². The quantitative estimate of drug-likeness (QED) is 0.928. The third kappa shape index (κ3) is 3.35. The van der Waals surface area contributed by atoms with Gasteiger partial charge in [-0.15, -0.1) is 5.10 Å². The van der Waals surface area contributed by atoms with Crippen LogP contribution in [0.15, 0.2) is 24.4 Å². The van der Waals surface area contributed by atoms with Crippen LogP contribution in [-0.2, 0) is 11.3 Å². The topological polar surface area (TPSA) is 72.3 Å². The first-order chi connectivity index (χ1) is 11.6. The molecule has 0 saturated carbocycles. The Bertz CT molecular complexity index is 716. The standard InChI is InChI=1S/C15H17F2N5O2/c1-24-9-10-7-22(20-19-10)11-5-6-21(8-11)15(23)18-14-12(16)3-2-4-13(14)17/h2-4,7,11H,5-6,8-9H2,1H3,(H,18,23). The van der Waals surface area contributed by atoms with Crippen molar-refractivity contribution in [3.8, 4) is 0 Å². The molecule has 0 bridgehead atoms. The van der Waals surface area contributed by atoms with Crippen LogP contribution in [0, 0.1) is 11.6 Å². The first-order valence-corrected chi connectivity index (χ1v) is 7.48. The number of nitrogens with zero attached hydrogens (tertiary/aromatic N) is 4. The second-order valence-corrected chi connectivity index (χ2v) is 5.54. The molecular formula is C15H17F2N5O2. The normalized spacial score (nSPS) is 17.3. The molecule has 1 aromatic heterocycles. The number of methoxy groups -OCH3 is 1. The van der Waals surface area contributed by atoms with Crippen LogP contribution in [0.3, 0.4) is 0 Å². The van der Waals surface area contributed by atoms with Gasteiger partial charge < -0.3 is 15.0 Å². The minimum absolute atomic E-state index is 0.0284. The molecule has 1 atom stereocenters. The van der Waals surface area contributed by atoms with Crippen molar-refractivity contribution in [3.63, 3.8) is 0 Å². The number of hydrogen-bond donors (Lipinski definition) is 1. The largest absolute Gasteiger partial charge is 0.378 e. The number of para-hydroxylation sites is 1. The van der Waals surface area contributed by atoms with Crippen LogP contribution in [-0.4, -0.2) is 46.1 Å². The minimum Gasteiger partial charge on any atom is -0.378 e. The van der Waals surface area contributed by atoms with E-state index in [9.17, 15) is 13.6 Å². The predicted octanol–water partition coefficient (Wildman–Crippen LogP) is 2.18. The highest BCUT2D eigenvalue weighted by molar-refractivity contribution is 5.89. The third-order valence-corrected chi connectivity index (χ3v) is 3.87. The van der Waals surface area contributed by atoms with E-state index in [-0.39, 0.29) is 6.04 Å². The fourth-order valence-electron chi connectivity index (χ4n) is 2.65. The van der Waals surface area contributed by atoms with Gasteiger partial charge >= 0.3 is 6.03 Å². The summed E-state index contributed by atoms with van der Waals surface area (Å²) in [4.78, 5) is 13.7. The zero-order valence-corrected chi connectivity index (χ0v) is 13.1. The fourth-order valence-corrected chi connectivity index (χ4v) is 2.65. The molecule has 2 aromatic rings. The van der Waals surface area contributed by atoms with Gasteiger partial charge in [-0.05, 0) is 18.6 Å². The van der Waals surface area contributed by atoms with Crippen molar-refractivity contribution in [2.75, 3.05) is 25.5 Å². The Hall–Kier alpha value is -2.55.